The Kier molecular flexibility index (Phi) is 4.35. The summed E-state index contributed by atoms with van der Waals surface area (Å²) in [5.41, 5.74) is 4.72. The number of aryl methyl sites for hydroxylation is 1. The number of nitrogens with zero attached hydrogens (tertiary/aromatic N) is 1. The normalized spacial score (nSPS) is 15.5. The van der Waals surface area contributed by atoms with Gasteiger partial charge in [0.05, 0.1) is 7.11 Å². The van der Waals surface area contributed by atoms with E-state index in [4.69, 9.17) is 9.47 Å². The van der Waals surface area contributed by atoms with Gasteiger partial charge in [-0.05, 0) is 61.6 Å². The molecule has 4 nitrogen and oxygen atoms in total. The summed E-state index contributed by atoms with van der Waals surface area (Å²) in [5.74, 6) is 1.60. The van der Waals surface area contributed by atoms with Crippen molar-refractivity contribution in [3.63, 3.8) is 0 Å². The van der Waals surface area contributed by atoms with Gasteiger partial charge in [0.1, 0.15) is 11.5 Å². The molecule has 130 valence electrons. The van der Waals surface area contributed by atoms with Gasteiger partial charge in [0.15, 0.2) is 12.4 Å². The van der Waals surface area contributed by atoms with Crippen molar-refractivity contribution < 1.29 is 14.3 Å². The molecular weight excluding hydrogens is 314 g/mol. The molecule has 25 heavy (non-hydrogen) atoms. The van der Waals surface area contributed by atoms with E-state index in [2.05, 4.69) is 11.0 Å². The number of ketones is 1. The molecule has 0 N–H and O–H groups in total. The van der Waals surface area contributed by atoms with Gasteiger partial charge < -0.3 is 14.4 Å². The fourth-order valence-corrected chi connectivity index (χ4v) is 3.88. The maximum atomic E-state index is 12.4. The zero-order valence-electron chi connectivity index (χ0n) is 14.6. The van der Waals surface area contributed by atoms with E-state index in [-0.39, 0.29) is 12.4 Å². The number of methoxy groups -OCH3 is 1. The maximum Gasteiger partial charge on any atom is 0.200 e. The number of ether oxygens (including phenoxy) is 2. The molecule has 2 aliphatic rings. The monoisotopic (exact) mass is 337 g/mol. The number of rotatable bonds is 5. The molecule has 2 heterocycles. The predicted molar refractivity (Wildman–Crippen MR) is 98.1 cm³/mol. The summed E-state index contributed by atoms with van der Waals surface area (Å²) in [4.78, 5) is 14.9. The molecular formula is C21H23NO3. The third-order valence-corrected chi connectivity index (χ3v) is 5.14. The average Bonchev–Trinajstić information content (AvgIpc) is 2.68. The first-order valence-electron chi connectivity index (χ1n) is 8.96. The Hall–Kier alpha value is -2.49. The van der Waals surface area contributed by atoms with Gasteiger partial charge in [0.25, 0.3) is 0 Å². The predicted octanol–water partition coefficient (Wildman–Crippen LogP) is 3.66. The largest absolute Gasteiger partial charge is 0.497 e. The van der Waals surface area contributed by atoms with Crippen LogP contribution >= 0.6 is 0 Å². The van der Waals surface area contributed by atoms with Crippen molar-refractivity contribution in [3.05, 3.63) is 53.1 Å². The molecule has 0 atom stereocenters. The standard InChI is InChI=1S/C21H23NO3/c1-24-17-9-6-15(7-10-17)19(23)14-25-20-11-8-16-4-2-12-22-13-3-5-18(20)21(16)22/h6-11H,2-5,12-14H2,1H3. The van der Waals surface area contributed by atoms with Crippen molar-refractivity contribution in [2.75, 3.05) is 31.7 Å². The van der Waals surface area contributed by atoms with Gasteiger partial charge in [-0.1, -0.05) is 6.07 Å². The first kappa shape index (κ1) is 16.0. The average molecular weight is 337 g/mol. The second-order valence-electron chi connectivity index (χ2n) is 6.68. The van der Waals surface area contributed by atoms with Crippen LogP contribution in [0.25, 0.3) is 0 Å². The van der Waals surface area contributed by atoms with E-state index in [0.29, 0.717) is 5.56 Å². The molecule has 0 saturated heterocycles. The van der Waals surface area contributed by atoms with E-state index in [1.165, 1.54) is 23.2 Å². The number of carbonyl (C=O) groups is 1. The minimum atomic E-state index is -0.0137. The Labute approximate surface area is 148 Å². The van der Waals surface area contributed by atoms with Crippen LogP contribution in [0.15, 0.2) is 36.4 Å². The Bertz CT molecular complexity index is 780. The highest BCUT2D eigenvalue weighted by Crippen LogP contribution is 2.40. The minimum Gasteiger partial charge on any atom is -0.497 e. The van der Waals surface area contributed by atoms with Gasteiger partial charge in [-0.2, -0.15) is 0 Å². The van der Waals surface area contributed by atoms with E-state index in [1.807, 2.05) is 6.07 Å². The van der Waals surface area contributed by atoms with Crippen molar-refractivity contribution in [1.29, 1.82) is 0 Å². The van der Waals surface area contributed by atoms with Crippen LogP contribution in [-0.2, 0) is 12.8 Å². The van der Waals surface area contributed by atoms with Gasteiger partial charge in [-0.25, -0.2) is 0 Å². The molecule has 2 aliphatic heterocycles. The third-order valence-electron chi connectivity index (χ3n) is 5.14. The van der Waals surface area contributed by atoms with Crippen molar-refractivity contribution in [1.82, 2.24) is 0 Å². The molecule has 0 fully saturated rings. The molecule has 0 spiro atoms. The molecule has 0 amide bonds. The Balaban J connectivity index is 1.51. The SMILES string of the molecule is COc1ccc(C(=O)COc2ccc3c4c2CCCN4CCC3)cc1. The second kappa shape index (κ2) is 6.79. The first-order valence-corrected chi connectivity index (χ1v) is 8.96. The lowest BCUT2D eigenvalue weighted by atomic mass is 9.91. The first-order chi connectivity index (χ1) is 12.3. The molecule has 0 saturated carbocycles. The summed E-state index contributed by atoms with van der Waals surface area (Å²) in [5, 5.41) is 0. The quantitative estimate of drug-likeness (QED) is 0.781. The van der Waals surface area contributed by atoms with Crippen LogP contribution < -0.4 is 14.4 Å². The van der Waals surface area contributed by atoms with Crippen LogP contribution in [0.5, 0.6) is 11.5 Å². The Morgan fingerprint density at radius 3 is 2.56 bits per heavy atom. The molecule has 0 aliphatic carbocycles. The summed E-state index contributed by atoms with van der Waals surface area (Å²) in [6.45, 7) is 2.33. The topological polar surface area (TPSA) is 38.8 Å². The molecule has 0 bridgehead atoms. The maximum absolute atomic E-state index is 12.4. The molecule has 0 aromatic heterocycles. The number of Topliss-reactive ketones (excluding diaryl/α,β-unsaturated/α-hetero) is 1. The molecule has 4 rings (SSSR count). The highest BCUT2D eigenvalue weighted by molar-refractivity contribution is 5.97. The van der Waals surface area contributed by atoms with Crippen LogP contribution in [-0.4, -0.2) is 32.6 Å². The molecule has 0 radical (unpaired) electrons. The molecule has 2 aromatic carbocycles. The van der Waals surface area contributed by atoms with E-state index < -0.39 is 0 Å². The summed E-state index contributed by atoms with van der Waals surface area (Å²) in [6.07, 6.45) is 4.55. The molecule has 2 aromatic rings. The smallest absolute Gasteiger partial charge is 0.200 e. The summed E-state index contributed by atoms with van der Waals surface area (Å²) in [6, 6.07) is 11.4. The lowest BCUT2D eigenvalue weighted by Gasteiger charge is -2.37. The summed E-state index contributed by atoms with van der Waals surface area (Å²) < 4.78 is 11.1. The van der Waals surface area contributed by atoms with Crippen LogP contribution in [0, 0.1) is 0 Å². The van der Waals surface area contributed by atoms with Gasteiger partial charge in [0, 0.05) is 29.9 Å². The highest BCUT2D eigenvalue weighted by Gasteiger charge is 2.26. The number of hydrogen-bond acceptors (Lipinski definition) is 4. The summed E-state index contributed by atoms with van der Waals surface area (Å²) in [7, 11) is 1.62. The number of benzene rings is 2. The van der Waals surface area contributed by atoms with Crippen LogP contribution in [0.4, 0.5) is 5.69 Å². The van der Waals surface area contributed by atoms with Crippen molar-refractivity contribution in [2.24, 2.45) is 0 Å². The minimum absolute atomic E-state index is 0.0137. The number of anilines is 1. The van der Waals surface area contributed by atoms with Crippen LogP contribution in [0.3, 0.4) is 0 Å². The van der Waals surface area contributed by atoms with Crippen molar-refractivity contribution in [3.8, 4) is 11.5 Å². The van der Waals surface area contributed by atoms with Crippen molar-refractivity contribution in [2.45, 2.75) is 25.7 Å². The fourth-order valence-electron chi connectivity index (χ4n) is 3.88. The van der Waals surface area contributed by atoms with Crippen LogP contribution in [0.2, 0.25) is 0 Å². The van der Waals surface area contributed by atoms with Crippen LogP contribution in [0.1, 0.15) is 34.3 Å². The van der Waals surface area contributed by atoms with Gasteiger partial charge >= 0.3 is 0 Å². The van der Waals surface area contributed by atoms with E-state index in [0.717, 1.165) is 43.9 Å². The number of hydrogen-bond donors (Lipinski definition) is 0. The molecule has 4 heteroatoms. The van der Waals surface area contributed by atoms with Gasteiger partial charge in [-0.3, -0.25) is 4.79 Å². The lowest BCUT2D eigenvalue weighted by Crippen LogP contribution is -2.34. The van der Waals surface area contributed by atoms with Gasteiger partial charge in [0.2, 0.25) is 0 Å². The van der Waals surface area contributed by atoms with E-state index in [1.54, 1.807) is 31.4 Å². The van der Waals surface area contributed by atoms with E-state index >= 15 is 0 Å². The highest BCUT2D eigenvalue weighted by atomic mass is 16.5. The Morgan fingerprint density at radius 2 is 1.80 bits per heavy atom. The fraction of sp³-hybridized carbons (Fsp3) is 0.381. The van der Waals surface area contributed by atoms with Gasteiger partial charge in [-0.15, -0.1) is 0 Å². The third kappa shape index (κ3) is 3.09. The lowest BCUT2D eigenvalue weighted by molar-refractivity contribution is 0.0921. The number of carbonyl (C=O) groups excluding carboxylic acids is 1. The summed E-state index contributed by atoms with van der Waals surface area (Å²) >= 11 is 0. The zero-order valence-corrected chi connectivity index (χ0v) is 14.6. The van der Waals surface area contributed by atoms with Crippen molar-refractivity contribution >= 4 is 11.5 Å². The second-order valence-corrected chi connectivity index (χ2v) is 6.68. The Morgan fingerprint density at radius 1 is 1.04 bits per heavy atom. The van der Waals surface area contributed by atoms with E-state index in [9.17, 15) is 4.79 Å². The zero-order chi connectivity index (χ0) is 17.2. The molecule has 0 unspecified atom stereocenters.